The number of aryl methyl sites for hydroxylation is 1. The molecule has 2 aromatic rings. The van der Waals surface area contributed by atoms with Crippen LogP contribution in [0.3, 0.4) is 0 Å². The van der Waals surface area contributed by atoms with Crippen LogP contribution in [0.25, 0.3) is 10.2 Å². The molecule has 142 valence electrons. The molecular weight excluding hydrogens is 353 g/mol. The number of hydrogen-bond acceptors (Lipinski definition) is 2. The Morgan fingerprint density at radius 2 is 1.72 bits per heavy atom. The first-order valence-corrected chi connectivity index (χ1v) is 9.53. The summed E-state index contributed by atoms with van der Waals surface area (Å²) in [4.78, 5) is 0. The minimum Gasteiger partial charge on any atom is -0.433 e. The summed E-state index contributed by atoms with van der Waals surface area (Å²) in [5.74, 6) is 0. The third-order valence-electron chi connectivity index (χ3n) is 3.66. The average Bonchev–Trinajstić information content (AvgIpc) is 2.87. The summed E-state index contributed by atoms with van der Waals surface area (Å²) in [7, 11) is -6.00. The third kappa shape index (κ3) is 8.56. The summed E-state index contributed by atoms with van der Waals surface area (Å²) >= 11 is 1.76. The van der Waals surface area contributed by atoms with Gasteiger partial charge >= 0.3 is 12.4 Å². The number of thiazole rings is 1. The molecule has 1 aromatic carbocycles. The molecule has 0 aliphatic heterocycles. The zero-order valence-corrected chi connectivity index (χ0v) is 15.8. The van der Waals surface area contributed by atoms with E-state index in [0.717, 1.165) is 18.2 Å². The van der Waals surface area contributed by atoms with Crippen molar-refractivity contribution in [2.75, 3.05) is 0 Å². The molecule has 0 N–H and O–H groups in total. The topological polar surface area (TPSA) is 13.1 Å². The lowest BCUT2D eigenvalue weighted by atomic mass is 10.1. The lowest BCUT2D eigenvalue weighted by molar-refractivity contribution is -0.669. The number of para-hydroxylation sites is 1. The van der Waals surface area contributed by atoms with Crippen LogP contribution in [0.1, 0.15) is 52.9 Å². The highest BCUT2D eigenvalue weighted by Crippen LogP contribution is 2.27. The highest BCUT2D eigenvalue weighted by Gasteiger charge is 2.22. The maximum absolute atomic E-state index is 9.75. The van der Waals surface area contributed by atoms with Gasteiger partial charge in [-0.3, -0.25) is 0 Å². The van der Waals surface area contributed by atoms with Gasteiger partial charge in [0.25, 0.3) is 0 Å². The number of fused-ring (bicyclic) bond motifs is 1. The zero-order chi connectivity index (χ0) is 18.9. The van der Waals surface area contributed by atoms with Gasteiger partial charge in [-0.05, 0) is 44.1 Å². The molecule has 0 amide bonds. The van der Waals surface area contributed by atoms with E-state index >= 15 is 0 Å². The molecular formula is C17H26BF4NOS. The lowest BCUT2D eigenvalue weighted by Crippen LogP contribution is -2.34. The monoisotopic (exact) mass is 379 g/mol. The van der Waals surface area contributed by atoms with Gasteiger partial charge in [-0.25, -0.2) is 0 Å². The molecule has 8 heteroatoms. The van der Waals surface area contributed by atoms with Gasteiger partial charge < -0.3 is 22.0 Å². The van der Waals surface area contributed by atoms with E-state index in [-0.39, 0.29) is 0 Å². The molecule has 0 radical (unpaired) electrons. The van der Waals surface area contributed by atoms with Gasteiger partial charge in [0.05, 0.1) is 0 Å². The second-order valence-electron chi connectivity index (χ2n) is 5.85. The Morgan fingerprint density at radius 3 is 2.32 bits per heavy atom. The molecule has 0 saturated heterocycles. The van der Waals surface area contributed by atoms with Gasteiger partial charge in [0.1, 0.15) is 10.8 Å². The summed E-state index contributed by atoms with van der Waals surface area (Å²) in [6.45, 7) is 7.58. The molecule has 2 rings (SSSR count). The van der Waals surface area contributed by atoms with Gasteiger partial charge in [-0.15, -0.1) is 4.57 Å². The average molecular weight is 379 g/mol. The van der Waals surface area contributed by atoms with Gasteiger partial charge in [0, 0.05) is 6.07 Å². The Kier molecular flexibility index (Phi) is 9.25. The Morgan fingerprint density at radius 1 is 1.08 bits per heavy atom. The van der Waals surface area contributed by atoms with Crippen molar-refractivity contribution in [2.45, 2.75) is 65.5 Å². The first kappa shape index (κ1) is 21.7. The van der Waals surface area contributed by atoms with Crippen LogP contribution in [-0.2, 0) is 6.54 Å². The normalized spacial score (nSPS) is 12.6. The van der Waals surface area contributed by atoms with Gasteiger partial charge in [0.15, 0.2) is 6.54 Å². The predicted octanol–water partition coefficient (Wildman–Crippen LogP) is 6.25. The molecule has 0 aliphatic carbocycles. The van der Waals surface area contributed by atoms with Crippen LogP contribution in [0, 0.1) is 0 Å². The van der Waals surface area contributed by atoms with Crippen LogP contribution in [0.2, 0.25) is 0 Å². The van der Waals surface area contributed by atoms with Crippen LogP contribution >= 0.6 is 11.3 Å². The van der Waals surface area contributed by atoms with E-state index in [2.05, 4.69) is 49.6 Å². The van der Waals surface area contributed by atoms with Crippen LogP contribution in [0.4, 0.5) is 17.3 Å². The van der Waals surface area contributed by atoms with Crippen LogP contribution in [-0.4, -0.2) is 13.4 Å². The Balaban J connectivity index is 0.000000550. The van der Waals surface area contributed by atoms with E-state index in [4.69, 9.17) is 4.74 Å². The van der Waals surface area contributed by atoms with Crippen LogP contribution in [0.5, 0.6) is 5.19 Å². The van der Waals surface area contributed by atoms with Crippen molar-refractivity contribution < 1.29 is 26.6 Å². The van der Waals surface area contributed by atoms with E-state index < -0.39 is 7.25 Å². The summed E-state index contributed by atoms with van der Waals surface area (Å²) in [6.07, 6.45) is 6.68. The Bertz CT molecular complexity index is 627. The number of hydrogen-bond donors (Lipinski definition) is 0. The third-order valence-corrected chi connectivity index (χ3v) is 4.71. The molecule has 1 heterocycles. The smallest absolute Gasteiger partial charge is 0.433 e. The van der Waals surface area contributed by atoms with E-state index in [0.29, 0.717) is 6.10 Å². The highest BCUT2D eigenvalue weighted by atomic mass is 32.1. The molecule has 25 heavy (non-hydrogen) atoms. The zero-order valence-electron chi connectivity index (χ0n) is 15.0. The first-order chi connectivity index (χ1) is 11.8. The molecule has 0 fully saturated rings. The fourth-order valence-electron chi connectivity index (χ4n) is 2.49. The van der Waals surface area contributed by atoms with Crippen molar-refractivity contribution >= 4 is 28.8 Å². The minimum absolute atomic E-state index is 0.303. The van der Waals surface area contributed by atoms with E-state index in [1.807, 2.05) is 0 Å². The molecule has 0 bridgehead atoms. The summed E-state index contributed by atoms with van der Waals surface area (Å²) < 4.78 is 48.8. The fourth-order valence-corrected chi connectivity index (χ4v) is 3.66. The van der Waals surface area contributed by atoms with Gasteiger partial charge in [-0.1, -0.05) is 38.3 Å². The van der Waals surface area contributed by atoms with Crippen LogP contribution in [0.15, 0.2) is 24.3 Å². The summed E-state index contributed by atoms with van der Waals surface area (Å²) in [6, 6.07) is 8.54. The first-order valence-electron chi connectivity index (χ1n) is 8.71. The molecule has 0 spiro atoms. The predicted molar refractivity (Wildman–Crippen MR) is 96.7 cm³/mol. The summed E-state index contributed by atoms with van der Waals surface area (Å²) in [5.41, 5.74) is 1.29. The lowest BCUT2D eigenvalue weighted by Gasteiger charge is -2.10. The largest absolute Gasteiger partial charge is 0.673 e. The Hall–Kier alpha value is -1.31. The Labute approximate surface area is 150 Å². The quantitative estimate of drug-likeness (QED) is 0.229. The van der Waals surface area contributed by atoms with Crippen molar-refractivity contribution in [1.82, 2.24) is 0 Å². The second kappa shape index (κ2) is 10.6. The highest BCUT2D eigenvalue weighted by molar-refractivity contribution is 7.19. The SMILES string of the molecule is CCCCCC[C@@H](C)Oc1sc2ccccc2[n+]1CC.F[B-](F)(F)F. The maximum atomic E-state index is 9.75. The molecule has 1 aromatic heterocycles. The number of aromatic nitrogens is 1. The van der Waals surface area contributed by atoms with Crippen molar-refractivity contribution in [3.8, 4) is 5.19 Å². The number of benzene rings is 1. The van der Waals surface area contributed by atoms with E-state index in [1.165, 1.54) is 35.9 Å². The molecule has 0 unspecified atom stereocenters. The van der Waals surface area contributed by atoms with Crippen LogP contribution < -0.4 is 9.30 Å². The van der Waals surface area contributed by atoms with Crippen molar-refractivity contribution in [2.24, 2.45) is 0 Å². The van der Waals surface area contributed by atoms with Crippen molar-refractivity contribution in [3.63, 3.8) is 0 Å². The van der Waals surface area contributed by atoms with Gasteiger partial charge in [0.2, 0.25) is 5.52 Å². The number of nitrogens with zero attached hydrogens (tertiary/aromatic N) is 1. The summed E-state index contributed by atoms with van der Waals surface area (Å²) in [5, 5.41) is 1.05. The fraction of sp³-hybridized carbons (Fsp3) is 0.588. The number of unbranched alkanes of at least 4 members (excludes halogenated alkanes) is 3. The van der Waals surface area contributed by atoms with Crippen molar-refractivity contribution in [3.05, 3.63) is 24.3 Å². The molecule has 0 aliphatic rings. The molecule has 2 nitrogen and oxygen atoms in total. The molecule has 1 atom stereocenters. The minimum atomic E-state index is -6.00. The number of rotatable bonds is 8. The van der Waals surface area contributed by atoms with E-state index in [9.17, 15) is 17.3 Å². The number of ether oxygens (including phenoxy) is 1. The van der Waals surface area contributed by atoms with Gasteiger partial charge in [-0.2, -0.15) is 0 Å². The number of halogens is 4. The van der Waals surface area contributed by atoms with Crippen molar-refractivity contribution in [1.29, 1.82) is 0 Å². The standard InChI is InChI=1S/C17H26NOS.BF4/c1-4-6-7-8-11-14(3)19-17-18(5-2)15-12-9-10-13-16(15)20-17;2-1(3,4)5/h9-10,12-14H,4-8,11H2,1-3H3;/q+1;-1/t14-;/m1./s1. The molecule has 0 saturated carbocycles. The maximum Gasteiger partial charge on any atom is 0.673 e. The second-order valence-corrected chi connectivity index (χ2v) is 6.85. The van der Waals surface area contributed by atoms with E-state index in [1.54, 1.807) is 11.3 Å².